The maximum absolute atomic E-state index is 11.9. The van der Waals surface area contributed by atoms with E-state index in [1.54, 1.807) is 24.3 Å². The molecule has 1 heterocycles. The maximum atomic E-state index is 11.9. The SMILES string of the molecule is Cc1ccc(NC(=O)Cc2cccc(O)c2)c(C)n1. The molecular formula is C15H16N2O2. The lowest BCUT2D eigenvalue weighted by atomic mass is 10.1. The van der Waals surface area contributed by atoms with Gasteiger partial charge in [0, 0.05) is 5.69 Å². The van der Waals surface area contributed by atoms with Crippen molar-refractivity contribution in [3.63, 3.8) is 0 Å². The van der Waals surface area contributed by atoms with Crippen molar-refractivity contribution in [3.05, 3.63) is 53.3 Å². The summed E-state index contributed by atoms with van der Waals surface area (Å²) in [6.07, 6.45) is 0.224. The summed E-state index contributed by atoms with van der Waals surface area (Å²) < 4.78 is 0. The number of nitrogens with zero attached hydrogens (tertiary/aromatic N) is 1. The summed E-state index contributed by atoms with van der Waals surface area (Å²) in [6.45, 7) is 3.77. The Morgan fingerprint density at radius 2 is 2.05 bits per heavy atom. The molecule has 4 heteroatoms. The minimum Gasteiger partial charge on any atom is -0.508 e. The highest BCUT2D eigenvalue weighted by atomic mass is 16.3. The van der Waals surface area contributed by atoms with E-state index >= 15 is 0 Å². The molecule has 0 spiro atoms. The zero-order valence-electron chi connectivity index (χ0n) is 11.0. The monoisotopic (exact) mass is 256 g/mol. The van der Waals surface area contributed by atoms with Gasteiger partial charge >= 0.3 is 0 Å². The second-order valence-electron chi connectivity index (χ2n) is 4.48. The third kappa shape index (κ3) is 3.55. The molecule has 0 unspecified atom stereocenters. The lowest BCUT2D eigenvalue weighted by Crippen LogP contribution is -2.15. The summed E-state index contributed by atoms with van der Waals surface area (Å²) in [5, 5.41) is 12.2. The van der Waals surface area contributed by atoms with Crippen molar-refractivity contribution in [2.45, 2.75) is 20.3 Å². The average Bonchev–Trinajstić information content (AvgIpc) is 2.33. The molecule has 2 aromatic rings. The second kappa shape index (κ2) is 5.52. The highest BCUT2D eigenvalue weighted by Crippen LogP contribution is 2.15. The Morgan fingerprint density at radius 3 is 2.74 bits per heavy atom. The normalized spacial score (nSPS) is 10.2. The molecule has 0 saturated carbocycles. The number of hydrogen-bond donors (Lipinski definition) is 2. The van der Waals surface area contributed by atoms with Crippen LogP contribution in [0.3, 0.4) is 0 Å². The van der Waals surface area contributed by atoms with Crippen LogP contribution in [0.4, 0.5) is 5.69 Å². The molecule has 0 bridgehead atoms. The predicted molar refractivity (Wildman–Crippen MR) is 74.2 cm³/mol. The summed E-state index contributed by atoms with van der Waals surface area (Å²) in [6, 6.07) is 10.4. The van der Waals surface area contributed by atoms with Gasteiger partial charge in [0.15, 0.2) is 0 Å². The molecule has 1 amide bonds. The molecule has 0 aliphatic carbocycles. The first kappa shape index (κ1) is 13.1. The Labute approximate surface area is 112 Å². The van der Waals surface area contributed by atoms with Crippen molar-refractivity contribution in [2.24, 2.45) is 0 Å². The van der Waals surface area contributed by atoms with Gasteiger partial charge in [-0.2, -0.15) is 0 Å². The van der Waals surface area contributed by atoms with E-state index in [9.17, 15) is 9.90 Å². The van der Waals surface area contributed by atoms with Crippen LogP contribution < -0.4 is 5.32 Å². The van der Waals surface area contributed by atoms with Crippen LogP contribution in [0, 0.1) is 13.8 Å². The van der Waals surface area contributed by atoms with Gasteiger partial charge in [0.1, 0.15) is 5.75 Å². The third-order valence-corrected chi connectivity index (χ3v) is 2.77. The quantitative estimate of drug-likeness (QED) is 0.887. The van der Waals surface area contributed by atoms with Crippen molar-refractivity contribution < 1.29 is 9.90 Å². The number of carbonyl (C=O) groups is 1. The van der Waals surface area contributed by atoms with E-state index in [1.165, 1.54) is 0 Å². The van der Waals surface area contributed by atoms with Gasteiger partial charge in [-0.3, -0.25) is 9.78 Å². The Kier molecular flexibility index (Phi) is 3.80. The number of rotatable bonds is 3. The van der Waals surface area contributed by atoms with Crippen molar-refractivity contribution in [1.82, 2.24) is 4.98 Å². The summed E-state index contributed by atoms with van der Waals surface area (Å²) >= 11 is 0. The second-order valence-corrected chi connectivity index (χ2v) is 4.48. The Balaban J connectivity index is 2.05. The first-order valence-corrected chi connectivity index (χ1v) is 6.06. The molecule has 0 aliphatic heterocycles. The molecular weight excluding hydrogens is 240 g/mol. The van der Waals surface area contributed by atoms with E-state index in [0.29, 0.717) is 0 Å². The molecule has 0 aliphatic rings. The molecule has 1 aromatic carbocycles. The van der Waals surface area contributed by atoms with Crippen LogP contribution in [-0.4, -0.2) is 16.0 Å². The third-order valence-electron chi connectivity index (χ3n) is 2.77. The largest absolute Gasteiger partial charge is 0.508 e. The number of phenols is 1. The Hall–Kier alpha value is -2.36. The van der Waals surface area contributed by atoms with E-state index in [2.05, 4.69) is 10.3 Å². The molecule has 2 N–H and O–H groups in total. The van der Waals surface area contributed by atoms with Gasteiger partial charge in [-0.25, -0.2) is 0 Å². The summed E-state index contributed by atoms with van der Waals surface area (Å²) in [5.74, 6) is 0.0397. The molecule has 1 aromatic heterocycles. The van der Waals surface area contributed by atoms with Crippen molar-refractivity contribution in [3.8, 4) is 5.75 Å². The maximum Gasteiger partial charge on any atom is 0.228 e. The van der Waals surface area contributed by atoms with Gasteiger partial charge in [-0.15, -0.1) is 0 Å². The number of nitrogens with one attached hydrogen (secondary N) is 1. The number of hydrogen-bond acceptors (Lipinski definition) is 3. The average molecular weight is 256 g/mol. The highest BCUT2D eigenvalue weighted by molar-refractivity contribution is 5.92. The number of pyridine rings is 1. The van der Waals surface area contributed by atoms with Crippen LogP contribution in [0.15, 0.2) is 36.4 Å². The van der Waals surface area contributed by atoms with Gasteiger partial charge in [-0.05, 0) is 43.7 Å². The molecule has 0 atom stereocenters. The number of anilines is 1. The number of benzene rings is 1. The van der Waals surface area contributed by atoms with Gasteiger partial charge in [0.2, 0.25) is 5.91 Å². The summed E-state index contributed by atoms with van der Waals surface area (Å²) in [5.41, 5.74) is 3.21. The first-order chi connectivity index (χ1) is 9.04. The lowest BCUT2D eigenvalue weighted by molar-refractivity contribution is -0.115. The van der Waals surface area contributed by atoms with Gasteiger partial charge in [0.05, 0.1) is 17.8 Å². The number of carbonyl (C=O) groups excluding carboxylic acids is 1. The van der Waals surface area contributed by atoms with E-state index in [4.69, 9.17) is 0 Å². The van der Waals surface area contributed by atoms with Crippen molar-refractivity contribution in [2.75, 3.05) is 5.32 Å². The van der Waals surface area contributed by atoms with E-state index in [0.717, 1.165) is 22.6 Å². The number of amides is 1. The standard InChI is InChI=1S/C15H16N2O2/c1-10-6-7-14(11(2)16-10)17-15(19)9-12-4-3-5-13(18)8-12/h3-8,18H,9H2,1-2H3,(H,17,19). The zero-order chi connectivity index (χ0) is 13.8. The highest BCUT2D eigenvalue weighted by Gasteiger charge is 2.07. The van der Waals surface area contributed by atoms with Crippen LogP contribution in [0.25, 0.3) is 0 Å². The van der Waals surface area contributed by atoms with Crippen molar-refractivity contribution >= 4 is 11.6 Å². The topological polar surface area (TPSA) is 62.2 Å². The number of aryl methyl sites for hydroxylation is 2. The summed E-state index contributed by atoms with van der Waals surface area (Å²) in [4.78, 5) is 16.2. The Bertz CT molecular complexity index is 609. The molecule has 19 heavy (non-hydrogen) atoms. The van der Waals surface area contributed by atoms with E-state index in [-0.39, 0.29) is 18.1 Å². The van der Waals surface area contributed by atoms with Gasteiger partial charge in [-0.1, -0.05) is 12.1 Å². The molecule has 2 rings (SSSR count). The van der Waals surface area contributed by atoms with Gasteiger partial charge < -0.3 is 10.4 Å². The number of phenolic OH excluding ortho intramolecular Hbond substituents is 1. The Morgan fingerprint density at radius 1 is 1.26 bits per heavy atom. The summed E-state index contributed by atoms with van der Waals surface area (Å²) in [7, 11) is 0. The smallest absolute Gasteiger partial charge is 0.228 e. The fourth-order valence-corrected chi connectivity index (χ4v) is 1.86. The molecule has 0 fully saturated rings. The number of aromatic nitrogens is 1. The van der Waals surface area contributed by atoms with Crippen LogP contribution in [0.1, 0.15) is 17.0 Å². The zero-order valence-corrected chi connectivity index (χ0v) is 11.0. The van der Waals surface area contributed by atoms with Gasteiger partial charge in [0.25, 0.3) is 0 Å². The minimum absolute atomic E-state index is 0.126. The first-order valence-electron chi connectivity index (χ1n) is 6.06. The van der Waals surface area contributed by atoms with Crippen molar-refractivity contribution in [1.29, 1.82) is 0 Å². The molecule has 4 nitrogen and oxygen atoms in total. The molecule has 98 valence electrons. The van der Waals surface area contributed by atoms with Crippen LogP contribution in [0.2, 0.25) is 0 Å². The van der Waals surface area contributed by atoms with Crippen LogP contribution in [0.5, 0.6) is 5.75 Å². The fourth-order valence-electron chi connectivity index (χ4n) is 1.86. The van der Waals surface area contributed by atoms with Crippen LogP contribution >= 0.6 is 0 Å². The number of aromatic hydroxyl groups is 1. The molecule has 0 saturated heterocycles. The van der Waals surface area contributed by atoms with Crippen LogP contribution in [-0.2, 0) is 11.2 Å². The molecule has 0 radical (unpaired) electrons. The minimum atomic E-state index is -0.126. The lowest BCUT2D eigenvalue weighted by Gasteiger charge is -2.08. The predicted octanol–water partition coefficient (Wildman–Crippen LogP) is 2.59. The van der Waals surface area contributed by atoms with E-state index in [1.807, 2.05) is 26.0 Å². The fraction of sp³-hybridized carbons (Fsp3) is 0.200. The van der Waals surface area contributed by atoms with E-state index < -0.39 is 0 Å².